The Morgan fingerprint density at radius 2 is 1.81 bits per heavy atom. The molecule has 1 saturated heterocycles. The molecule has 32 heavy (non-hydrogen) atoms. The number of hydrogen-bond acceptors (Lipinski definition) is 5. The molecule has 1 aliphatic heterocycles. The average Bonchev–Trinajstić information content (AvgIpc) is 3.55. The number of hydrogen-bond donors (Lipinski definition) is 1. The first-order valence-electron chi connectivity index (χ1n) is 10.8. The maximum absolute atomic E-state index is 12.7. The topological polar surface area (TPSA) is 75.9 Å². The molecule has 1 fully saturated rings. The highest BCUT2D eigenvalue weighted by molar-refractivity contribution is 6.04. The zero-order valence-corrected chi connectivity index (χ0v) is 17.7. The molecular weight excluding hydrogens is 400 g/mol. The van der Waals surface area contributed by atoms with Crippen molar-refractivity contribution in [3.8, 4) is 11.3 Å². The van der Waals surface area contributed by atoms with Crippen LogP contribution in [0.15, 0.2) is 79.4 Å². The van der Waals surface area contributed by atoms with E-state index in [1.807, 2.05) is 71.4 Å². The third-order valence-corrected chi connectivity index (χ3v) is 5.64. The fourth-order valence-electron chi connectivity index (χ4n) is 3.91. The number of aromatic nitrogens is 4. The molecule has 0 bridgehead atoms. The number of nitrogens with one attached hydrogen (secondary N) is 1. The van der Waals surface area contributed by atoms with Gasteiger partial charge in [-0.25, -0.2) is 4.98 Å². The second-order valence-electron chi connectivity index (χ2n) is 7.94. The van der Waals surface area contributed by atoms with Gasteiger partial charge in [-0.3, -0.25) is 4.79 Å². The molecule has 7 nitrogen and oxygen atoms in total. The summed E-state index contributed by atoms with van der Waals surface area (Å²) in [5.74, 6) is 0.777. The lowest BCUT2D eigenvalue weighted by molar-refractivity contribution is 0.102. The Kier molecular flexibility index (Phi) is 5.61. The van der Waals surface area contributed by atoms with Crippen LogP contribution in [-0.4, -0.2) is 38.7 Å². The predicted molar refractivity (Wildman–Crippen MR) is 125 cm³/mol. The van der Waals surface area contributed by atoms with Crippen LogP contribution in [0.4, 0.5) is 11.5 Å². The molecule has 0 atom stereocenters. The van der Waals surface area contributed by atoms with Crippen LogP contribution < -0.4 is 10.2 Å². The molecule has 0 spiro atoms. The Balaban J connectivity index is 1.25. The van der Waals surface area contributed by atoms with E-state index in [1.54, 1.807) is 12.5 Å². The Hall–Kier alpha value is -4.00. The van der Waals surface area contributed by atoms with Crippen LogP contribution in [0.3, 0.4) is 0 Å². The number of carbonyl (C=O) groups is 1. The summed E-state index contributed by atoms with van der Waals surface area (Å²) < 4.78 is 1.99. The van der Waals surface area contributed by atoms with Crippen LogP contribution >= 0.6 is 0 Å². The largest absolute Gasteiger partial charge is 0.355 e. The summed E-state index contributed by atoms with van der Waals surface area (Å²) in [6.45, 7) is 2.81. The number of benzene rings is 2. The molecule has 1 N–H and O–H groups in total. The molecule has 0 radical (unpaired) electrons. The van der Waals surface area contributed by atoms with Gasteiger partial charge < -0.3 is 14.8 Å². The van der Waals surface area contributed by atoms with Crippen LogP contribution in [0.2, 0.25) is 0 Å². The second-order valence-corrected chi connectivity index (χ2v) is 7.94. The summed E-state index contributed by atoms with van der Waals surface area (Å²) in [7, 11) is 0. The SMILES string of the molecule is O=C(Nc1cccc(-c2ccc(N3CCCC3)nn2)c1)c1ccc(Cn2ccnc2)cc1. The Morgan fingerprint density at radius 3 is 2.53 bits per heavy atom. The maximum Gasteiger partial charge on any atom is 0.255 e. The monoisotopic (exact) mass is 424 g/mol. The summed E-state index contributed by atoms with van der Waals surface area (Å²) in [4.78, 5) is 19.0. The van der Waals surface area contributed by atoms with Crippen molar-refractivity contribution in [1.82, 2.24) is 19.7 Å². The average molecular weight is 425 g/mol. The number of rotatable bonds is 6. The van der Waals surface area contributed by atoms with Gasteiger partial charge in [0.2, 0.25) is 0 Å². The van der Waals surface area contributed by atoms with E-state index in [4.69, 9.17) is 0 Å². The van der Waals surface area contributed by atoms with Gasteiger partial charge in [-0.2, -0.15) is 0 Å². The highest BCUT2D eigenvalue weighted by Gasteiger charge is 2.14. The fourth-order valence-corrected chi connectivity index (χ4v) is 3.91. The lowest BCUT2D eigenvalue weighted by atomic mass is 10.1. The van der Waals surface area contributed by atoms with Gasteiger partial charge >= 0.3 is 0 Å². The summed E-state index contributed by atoms with van der Waals surface area (Å²) in [6, 6.07) is 19.3. The smallest absolute Gasteiger partial charge is 0.255 e. The van der Waals surface area contributed by atoms with Crippen LogP contribution in [0, 0.1) is 0 Å². The van der Waals surface area contributed by atoms with Crippen molar-refractivity contribution < 1.29 is 4.79 Å². The molecule has 7 heteroatoms. The van der Waals surface area contributed by atoms with E-state index in [2.05, 4.69) is 25.4 Å². The normalized spacial score (nSPS) is 13.3. The van der Waals surface area contributed by atoms with Gasteiger partial charge in [0.1, 0.15) is 0 Å². The van der Waals surface area contributed by atoms with Gasteiger partial charge in [0.25, 0.3) is 5.91 Å². The minimum Gasteiger partial charge on any atom is -0.355 e. The Morgan fingerprint density at radius 1 is 0.969 bits per heavy atom. The molecule has 2 aromatic carbocycles. The van der Waals surface area contributed by atoms with Crippen molar-refractivity contribution in [2.45, 2.75) is 19.4 Å². The van der Waals surface area contributed by atoms with E-state index in [0.717, 1.165) is 48.0 Å². The van der Waals surface area contributed by atoms with Crippen molar-refractivity contribution in [3.63, 3.8) is 0 Å². The van der Waals surface area contributed by atoms with Crippen molar-refractivity contribution in [3.05, 3.63) is 90.5 Å². The third-order valence-electron chi connectivity index (χ3n) is 5.64. The molecule has 4 aromatic rings. The predicted octanol–water partition coefficient (Wildman–Crippen LogP) is 4.24. The van der Waals surface area contributed by atoms with E-state index in [-0.39, 0.29) is 5.91 Å². The molecule has 0 saturated carbocycles. The number of imidazole rings is 1. The molecule has 2 aromatic heterocycles. The lowest BCUT2D eigenvalue weighted by Gasteiger charge is -2.15. The Bertz CT molecular complexity index is 1180. The van der Waals surface area contributed by atoms with Gasteiger partial charge in [-0.1, -0.05) is 24.3 Å². The van der Waals surface area contributed by atoms with Crippen molar-refractivity contribution in [2.24, 2.45) is 0 Å². The van der Waals surface area contributed by atoms with E-state index >= 15 is 0 Å². The summed E-state index contributed by atoms with van der Waals surface area (Å²) in [5.41, 5.74) is 4.14. The van der Waals surface area contributed by atoms with E-state index in [1.165, 1.54) is 12.8 Å². The summed E-state index contributed by atoms with van der Waals surface area (Å²) >= 11 is 0. The van der Waals surface area contributed by atoms with Gasteiger partial charge in [0, 0.05) is 48.8 Å². The van der Waals surface area contributed by atoms with Crippen LogP contribution in [-0.2, 0) is 6.54 Å². The van der Waals surface area contributed by atoms with E-state index in [9.17, 15) is 4.79 Å². The van der Waals surface area contributed by atoms with E-state index in [0.29, 0.717) is 5.56 Å². The first kappa shape index (κ1) is 19.9. The minimum absolute atomic E-state index is 0.146. The number of carbonyl (C=O) groups excluding carboxylic acids is 1. The minimum atomic E-state index is -0.146. The first-order chi connectivity index (χ1) is 15.7. The van der Waals surface area contributed by atoms with Crippen molar-refractivity contribution in [1.29, 1.82) is 0 Å². The first-order valence-corrected chi connectivity index (χ1v) is 10.8. The highest BCUT2D eigenvalue weighted by atomic mass is 16.1. The molecule has 5 rings (SSSR count). The van der Waals surface area contributed by atoms with Gasteiger partial charge in [-0.15, -0.1) is 10.2 Å². The zero-order valence-electron chi connectivity index (χ0n) is 17.7. The number of amides is 1. The summed E-state index contributed by atoms with van der Waals surface area (Å²) in [6.07, 6.45) is 7.86. The highest BCUT2D eigenvalue weighted by Crippen LogP contribution is 2.23. The third kappa shape index (κ3) is 4.51. The molecular formula is C25H24N6O. The molecule has 0 aliphatic carbocycles. The quantitative estimate of drug-likeness (QED) is 0.501. The van der Waals surface area contributed by atoms with Gasteiger partial charge in [-0.05, 0) is 54.8 Å². The number of anilines is 2. The maximum atomic E-state index is 12.7. The molecule has 1 amide bonds. The van der Waals surface area contributed by atoms with Crippen LogP contribution in [0.25, 0.3) is 11.3 Å². The lowest BCUT2D eigenvalue weighted by Crippen LogP contribution is -2.19. The number of nitrogens with zero attached hydrogens (tertiary/aromatic N) is 5. The standard InChI is InChI=1S/C25H24N6O/c32-25(20-8-6-19(7-9-20)17-30-15-12-26-18-30)27-22-5-3-4-21(16-22)23-10-11-24(29-28-23)31-13-1-2-14-31/h3-12,15-16,18H,1-2,13-14,17H2,(H,27,32). The second kappa shape index (κ2) is 9.01. The Labute approximate surface area is 186 Å². The van der Waals surface area contributed by atoms with Crippen LogP contribution in [0.5, 0.6) is 0 Å². The molecule has 0 unspecified atom stereocenters. The summed E-state index contributed by atoms with van der Waals surface area (Å²) in [5, 5.41) is 11.8. The van der Waals surface area contributed by atoms with Gasteiger partial charge in [0.05, 0.1) is 12.0 Å². The van der Waals surface area contributed by atoms with E-state index < -0.39 is 0 Å². The molecule has 160 valence electrons. The molecule has 3 heterocycles. The molecule has 1 aliphatic rings. The zero-order chi connectivity index (χ0) is 21.8. The van der Waals surface area contributed by atoms with Gasteiger partial charge in [0.15, 0.2) is 5.82 Å². The van der Waals surface area contributed by atoms with Crippen molar-refractivity contribution in [2.75, 3.05) is 23.3 Å². The van der Waals surface area contributed by atoms with Crippen molar-refractivity contribution >= 4 is 17.4 Å². The fraction of sp³-hybridized carbons (Fsp3) is 0.200. The van der Waals surface area contributed by atoms with Crippen LogP contribution in [0.1, 0.15) is 28.8 Å².